The molecule has 628 valence electrons. The highest BCUT2D eigenvalue weighted by atomic mass is 19.2. The van der Waals surface area contributed by atoms with Crippen LogP contribution in [0.15, 0.2) is 192 Å². The Balaban J connectivity index is 0.000000111. The van der Waals surface area contributed by atoms with Crippen molar-refractivity contribution in [3.05, 3.63) is 328 Å². The zero-order valence-corrected chi connectivity index (χ0v) is 70.7. The van der Waals surface area contributed by atoms with E-state index in [9.17, 15) is 1.37 Å². The van der Waals surface area contributed by atoms with E-state index in [1.807, 2.05) is 58.0 Å². The van der Waals surface area contributed by atoms with E-state index in [4.69, 9.17) is 14.2 Å². The van der Waals surface area contributed by atoms with Gasteiger partial charge in [0.1, 0.15) is 46.5 Å². The minimum atomic E-state index is -1.54. The summed E-state index contributed by atoms with van der Waals surface area (Å²) in [6.07, 6.45) is 26.8. The number of benzene rings is 8. The average molecular weight is 1640 g/mol. The number of rotatable bonds is 13. The molecule has 7 nitrogen and oxygen atoms in total. The average Bonchev–Trinajstić information content (AvgIpc) is 0.825. The number of ether oxygens (including phenoxy) is 3. The van der Waals surface area contributed by atoms with Gasteiger partial charge in [-0.05, 0) is 316 Å². The molecule has 0 spiro atoms. The number of hydrogen-bond donors (Lipinski definition) is 0. The summed E-state index contributed by atoms with van der Waals surface area (Å²) in [6, 6.07) is 43.5. The van der Waals surface area contributed by atoms with Crippen LogP contribution < -0.4 is 0 Å². The molecule has 6 fully saturated rings. The Morgan fingerprint density at radius 1 is 0.364 bits per heavy atom. The molecule has 9 atom stereocenters. The molecule has 2 bridgehead atoms. The number of allylic oxidation sites excluding steroid dienone is 4. The van der Waals surface area contributed by atoms with Crippen LogP contribution in [0.1, 0.15) is 234 Å². The Hall–Kier alpha value is -9.16. The zero-order chi connectivity index (χ0) is 84.7. The molecule has 7 heterocycles. The first-order chi connectivity index (χ1) is 59.1. The number of halogens is 8. The fourth-order valence-corrected chi connectivity index (χ4v) is 23.2. The lowest BCUT2D eigenvalue weighted by atomic mass is 9.44. The Morgan fingerprint density at radius 3 is 0.983 bits per heavy atom. The summed E-state index contributed by atoms with van der Waals surface area (Å²) in [5.41, 5.74) is 22.0. The van der Waals surface area contributed by atoms with E-state index in [0.29, 0.717) is 68.3 Å². The van der Waals surface area contributed by atoms with Gasteiger partial charge in [0.25, 0.3) is 0 Å². The predicted molar refractivity (Wildman–Crippen MR) is 469 cm³/mol. The molecular weight excluding hydrogens is 1530 g/mol. The third kappa shape index (κ3) is 15.4. The molecule has 7 aliphatic heterocycles. The van der Waals surface area contributed by atoms with E-state index in [1.165, 1.54) is 129 Å². The molecule has 22 rings (SSSR count). The minimum absolute atomic E-state index is 0.0421. The van der Waals surface area contributed by atoms with Crippen molar-refractivity contribution >= 4 is 46.6 Å². The van der Waals surface area contributed by atoms with Crippen molar-refractivity contribution in [3.63, 3.8) is 0 Å². The second-order valence-corrected chi connectivity index (χ2v) is 36.1. The van der Waals surface area contributed by atoms with E-state index in [2.05, 4.69) is 114 Å². The fourth-order valence-electron chi connectivity index (χ4n) is 23.2. The van der Waals surface area contributed by atoms with E-state index in [0.717, 1.165) is 105 Å². The van der Waals surface area contributed by atoms with E-state index >= 15 is 35.1 Å². The summed E-state index contributed by atoms with van der Waals surface area (Å²) in [5, 5.41) is 0. The molecule has 8 aromatic rings. The number of hydrogen-bond acceptors (Lipinski definition) is 7. The van der Waals surface area contributed by atoms with Crippen LogP contribution in [0.4, 0.5) is 35.1 Å². The van der Waals surface area contributed by atoms with Crippen LogP contribution in [-0.4, -0.2) is 108 Å². The minimum Gasteiger partial charge on any atom is -0.381 e. The lowest BCUT2D eigenvalue weighted by Crippen LogP contribution is -2.59. The maximum absolute atomic E-state index is 15.6. The van der Waals surface area contributed by atoms with E-state index < -0.39 is 64.6 Å². The van der Waals surface area contributed by atoms with Crippen molar-refractivity contribution in [2.45, 2.75) is 212 Å². The van der Waals surface area contributed by atoms with Crippen LogP contribution in [0.3, 0.4) is 0 Å². The normalized spacial score (nSPS) is 27.6. The number of nitrogens with zero attached hydrogens (tertiary/aromatic N) is 4. The summed E-state index contributed by atoms with van der Waals surface area (Å²) in [4.78, 5) is 9.15. The highest BCUT2D eigenvalue weighted by Gasteiger charge is 2.59. The molecule has 0 aromatic heterocycles. The van der Waals surface area contributed by atoms with Gasteiger partial charge in [-0.1, -0.05) is 146 Å². The molecule has 121 heavy (non-hydrogen) atoms. The lowest BCUT2D eigenvalue weighted by Gasteiger charge is -2.64. The predicted octanol–water partition coefficient (Wildman–Crippen LogP) is 24.7. The molecule has 0 amide bonds. The summed E-state index contributed by atoms with van der Waals surface area (Å²) in [6.45, 7) is 20.8. The summed E-state index contributed by atoms with van der Waals surface area (Å²) in [5.74, 6) is -3.17. The Bertz CT molecular complexity index is 5550. The second kappa shape index (κ2) is 34.5. The van der Waals surface area contributed by atoms with Crippen molar-refractivity contribution < 1.29 is 50.7 Å². The molecular formula is C106H110F8N4O3. The highest BCUT2D eigenvalue weighted by molar-refractivity contribution is 5.83. The third-order valence-electron chi connectivity index (χ3n) is 28.4. The fraction of sp³-hybridized carbons (Fsp3) is 0.396. The molecule has 7 aliphatic carbocycles. The quantitative estimate of drug-likeness (QED) is 0.107. The van der Waals surface area contributed by atoms with Crippen LogP contribution in [0.5, 0.6) is 0 Å². The Labute approximate surface area is 710 Å². The standard InChI is InChI=1S/C28H29F2N.C27H29F2NO.C26H27F2NO.C25H25F2NO/c1-3-6-18-10-24(29)26(25(30)11-18)27-23-12-20-7-4-5-8-21(20)22(23)9-17(2)31(27)16-28-13-19(14-28)15-28;1-3-6-18-14-24(28)26(25(29)15-18)27-23-16-19-7-4-5-8-21(19)22(23)13-17(2)30(27)20-9-11-31-12-10-20;1-3-6-17-12-23(27)25(24(28)13-17)26-22-14-18-7-4-5-8-20(18)21(22)11-16(2)29(26)19-9-10-30-15-19;1-3-6-16-10-22(26)24(23(27)11-16)25-21-12-17-7-4-5-8-19(17)20(21)9-15(2)28(25)18-13-29-14-18/h3-8,10-11,17,19,27H,9,12-16H2,1-2H3;3-8,14-15,17,20,27H,9-13,16H2,1-2H3;3-8,12-13,16,19,26H,9-11,14-15H2,1-2H3;3-8,10-11,15,18,25H,9,12-14H2,1-2H3/b4*6-3+/t17-,19?,27+,28?;17-,27+;16-,19+,26+;15-,25+/m1111/s1/i27D;;;. The van der Waals surface area contributed by atoms with Gasteiger partial charge in [0, 0.05) is 84.9 Å². The first-order valence-corrected chi connectivity index (χ1v) is 44.1. The van der Waals surface area contributed by atoms with Gasteiger partial charge in [0.05, 0.1) is 51.4 Å². The van der Waals surface area contributed by atoms with E-state index in [-0.39, 0.29) is 76.0 Å². The van der Waals surface area contributed by atoms with Crippen LogP contribution in [0.2, 0.25) is 0 Å². The van der Waals surface area contributed by atoms with Crippen LogP contribution in [0, 0.1) is 57.9 Å². The van der Waals surface area contributed by atoms with Crippen LogP contribution in [-0.2, 0) is 39.9 Å². The van der Waals surface area contributed by atoms with Gasteiger partial charge in [0.2, 0.25) is 0 Å². The van der Waals surface area contributed by atoms with Gasteiger partial charge in [-0.15, -0.1) is 0 Å². The van der Waals surface area contributed by atoms with E-state index in [1.54, 1.807) is 48.6 Å². The van der Waals surface area contributed by atoms with Gasteiger partial charge in [-0.25, -0.2) is 35.1 Å². The maximum atomic E-state index is 15.6. The summed E-state index contributed by atoms with van der Waals surface area (Å²) in [7, 11) is 0. The highest BCUT2D eigenvalue weighted by Crippen LogP contribution is 2.66. The smallest absolute Gasteiger partial charge is 0.131 e. The monoisotopic (exact) mass is 1640 g/mol. The second-order valence-electron chi connectivity index (χ2n) is 36.1. The topological polar surface area (TPSA) is 40.6 Å². The molecule has 15 heteroatoms. The van der Waals surface area contributed by atoms with Crippen molar-refractivity contribution in [3.8, 4) is 0 Å². The molecule has 0 radical (unpaired) electrons. The zero-order valence-electron chi connectivity index (χ0n) is 71.7. The van der Waals surface area contributed by atoms with Gasteiger partial charge < -0.3 is 14.2 Å². The molecule has 14 aliphatic rings. The molecule has 0 N–H and O–H groups in total. The van der Waals surface area contributed by atoms with Gasteiger partial charge in [-0.2, -0.15) is 0 Å². The molecule has 0 unspecified atom stereocenters. The van der Waals surface area contributed by atoms with Crippen LogP contribution in [0.25, 0.3) is 46.6 Å². The summed E-state index contributed by atoms with van der Waals surface area (Å²) >= 11 is 0. The van der Waals surface area contributed by atoms with Crippen molar-refractivity contribution in [2.75, 3.05) is 46.2 Å². The van der Waals surface area contributed by atoms with Crippen molar-refractivity contribution in [2.24, 2.45) is 11.3 Å². The third-order valence-corrected chi connectivity index (χ3v) is 28.4. The maximum Gasteiger partial charge on any atom is 0.131 e. The van der Waals surface area contributed by atoms with Crippen molar-refractivity contribution in [1.29, 1.82) is 0 Å². The molecule has 8 aromatic carbocycles. The van der Waals surface area contributed by atoms with Gasteiger partial charge in [0.15, 0.2) is 0 Å². The Morgan fingerprint density at radius 2 is 0.661 bits per heavy atom. The Kier molecular flexibility index (Phi) is 23.2. The number of fused-ring (bicyclic) bond motifs is 8. The van der Waals surface area contributed by atoms with Crippen molar-refractivity contribution in [1.82, 2.24) is 19.6 Å². The van der Waals surface area contributed by atoms with Gasteiger partial charge >= 0.3 is 0 Å². The lowest BCUT2D eigenvalue weighted by molar-refractivity contribution is -0.134. The first-order valence-electron chi connectivity index (χ1n) is 44.6. The van der Waals surface area contributed by atoms with Crippen LogP contribution >= 0.6 is 0 Å². The largest absolute Gasteiger partial charge is 0.381 e. The molecule has 3 saturated carbocycles. The summed E-state index contributed by atoms with van der Waals surface area (Å²) < 4.78 is 150. The van der Waals surface area contributed by atoms with Gasteiger partial charge in [-0.3, -0.25) is 19.6 Å². The molecule has 3 saturated heterocycles. The SMILES string of the molecule is C/C=C/c1cc(F)c([C@@H]2C3=C(C[C@@H](C)N2C2CCOCC2)c2ccccc2C3)c(F)c1.C/C=C/c1cc(F)c([C@@H]2C3=C(C[C@@H](C)N2C2COC2)c2ccccc2C3)c(F)c1.C/C=C/c1cc(F)c([C@@H]2C3=C(C[C@@H](C)N2[C@H]2CCOC2)c2ccccc2C3)c(F)c1.[2H][C@@]1(c2c(F)cc(/C=C/C)cc2F)C2=C(C[C@@H](C)N1CC13CC(C1)C3)c1ccccc1C2. The first kappa shape index (κ1) is 81.5.